The van der Waals surface area contributed by atoms with Crippen molar-refractivity contribution in [1.29, 1.82) is 0 Å². The number of carbonyl (C=O) groups excluding carboxylic acids is 2. The van der Waals surface area contributed by atoms with Crippen LogP contribution in [0.15, 0.2) is 47.6 Å². The van der Waals surface area contributed by atoms with E-state index in [1.165, 1.54) is 11.8 Å². The van der Waals surface area contributed by atoms with Gasteiger partial charge in [-0.2, -0.15) is 0 Å². The van der Waals surface area contributed by atoms with Crippen LogP contribution in [-0.2, 0) is 11.2 Å². The van der Waals surface area contributed by atoms with Crippen LogP contribution < -0.4 is 5.32 Å². The number of rotatable bonds is 5. The molecule has 2 amide bonds. The van der Waals surface area contributed by atoms with Crippen LogP contribution in [0.5, 0.6) is 0 Å². The summed E-state index contributed by atoms with van der Waals surface area (Å²) in [7, 11) is 0. The average Bonchev–Trinajstić information content (AvgIpc) is 2.69. The summed E-state index contributed by atoms with van der Waals surface area (Å²) in [6, 6.07) is 10.8. The van der Waals surface area contributed by atoms with Crippen LogP contribution in [0.4, 0.5) is 5.69 Å². The molecule has 2 heterocycles. The van der Waals surface area contributed by atoms with Gasteiger partial charge >= 0.3 is 0 Å². The zero-order valence-electron chi connectivity index (χ0n) is 15.2. The number of hydrogen-bond donors (Lipinski definition) is 2. The zero-order chi connectivity index (χ0) is 19.2. The van der Waals surface area contributed by atoms with Gasteiger partial charge in [-0.15, -0.1) is 11.8 Å². The summed E-state index contributed by atoms with van der Waals surface area (Å²) >= 11 is 1.43. The molecule has 1 aromatic heterocycles. The number of pyridine rings is 1. The van der Waals surface area contributed by atoms with Gasteiger partial charge in [0, 0.05) is 25.0 Å². The second-order valence-corrected chi connectivity index (χ2v) is 7.29. The largest absolute Gasteiger partial charge is 0.393 e. The van der Waals surface area contributed by atoms with Gasteiger partial charge < -0.3 is 15.3 Å². The minimum atomic E-state index is -0.289. The standard InChI is InChI=1S/C20H23N3O3S/c1-27-20-17(3-2-10-21-20)19(26)22-15-6-4-14(5-7-15)13-18(25)23-11-8-16(24)9-12-23/h2-7,10,16,24H,8-9,11-13H2,1H3,(H,22,26). The average molecular weight is 385 g/mol. The third-order valence-corrected chi connectivity index (χ3v) is 5.31. The monoisotopic (exact) mass is 385 g/mol. The Labute approximate surface area is 163 Å². The van der Waals surface area contributed by atoms with E-state index in [0.29, 0.717) is 48.6 Å². The summed E-state index contributed by atoms with van der Waals surface area (Å²) in [5, 5.41) is 13.1. The first-order chi connectivity index (χ1) is 13.1. The molecule has 0 bridgehead atoms. The number of nitrogens with one attached hydrogen (secondary N) is 1. The van der Waals surface area contributed by atoms with Crippen molar-refractivity contribution in [2.45, 2.75) is 30.4 Å². The van der Waals surface area contributed by atoms with Crippen LogP contribution in [-0.4, -0.2) is 52.3 Å². The predicted molar refractivity (Wildman–Crippen MR) is 106 cm³/mol. The number of nitrogens with zero attached hydrogens (tertiary/aromatic N) is 2. The number of thioether (sulfide) groups is 1. The quantitative estimate of drug-likeness (QED) is 0.773. The van der Waals surface area contributed by atoms with Gasteiger partial charge in [-0.3, -0.25) is 9.59 Å². The van der Waals surface area contributed by atoms with E-state index in [1.54, 1.807) is 35.4 Å². The van der Waals surface area contributed by atoms with E-state index in [0.717, 1.165) is 5.56 Å². The minimum Gasteiger partial charge on any atom is -0.393 e. The third-order valence-electron chi connectivity index (χ3n) is 4.59. The highest BCUT2D eigenvalue weighted by Gasteiger charge is 2.21. The number of anilines is 1. The first-order valence-corrected chi connectivity index (χ1v) is 10.1. The molecule has 1 aliphatic rings. The maximum absolute atomic E-state index is 12.4. The molecule has 2 aromatic rings. The molecular weight excluding hydrogens is 362 g/mol. The number of aromatic nitrogens is 1. The lowest BCUT2D eigenvalue weighted by molar-refractivity contribution is -0.132. The van der Waals surface area contributed by atoms with Crippen molar-refractivity contribution in [3.63, 3.8) is 0 Å². The van der Waals surface area contributed by atoms with Crippen molar-refractivity contribution in [2.75, 3.05) is 24.7 Å². The van der Waals surface area contributed by atoms with Gasteiger partial charge in [0.25, 0.3) is 5.91 Å². The number of hydrogen-bond acceptors (Lipinski definition) is 5. The lowest BCUT2D eigenvalue weighted by Gasteiger charge is -2.29. The Morgan fingerprint density at radius 3 is 2.59 bits per heavy atom. The minimum absolute atomic E-state index is 0.0682. The van der Waals surface area contributed by atoms with Crippen LogP contribution in [0.1, 0.15) is 28.8 Å². The highest BCUT2D eigenvalue weighted by Crippen LogP contribution is 2.19. The topological polar surface area (TPSA) is 82.5 Å². The van der Waals surface area contributed by atoms with Gasteiger partial charge in [-0.05, 0) is 48.9 Å². The molecule has 2 N–H and O–H groups in total. The van der Waals surface area contributed by atoms with E-state index in [1.807, 2.05) is 18.4 Å². The fourth-order valence-electron chi connectivity index (χ4n) is 3.03. The Bertz CT molecular complexity index is 802. The van der Waals surface area contributed by atoms with Crippen molar-refractivity contribution >= 4 is 29.3 Å². The Hall–Kier alpha value is -2.38. The summed E-state index contributed by atoms with van der Waals surface area (Å²) in [6.07, 6.45) is 4.87. The lowest BCUT2D eigenvalue weighted by atomic mass is 10.1. The summed E-state index contributed by atoms with van der Waals surface area (Å²) < 4.78 is 0. The Kier molecular flexibility index (Phi) is 6.47. The summed E-state index contributed by atoms with van der Waals surface area (Å²) in [6.45, 7) is 1.22. The molecular formula is C20H23N3O3S. The fraction of sp³-hybridized carbons (Fsp3) is 0.350. The second-order valence-electron chi connectivity index (χ2n) is 6.50. The molecule has 1 aliphatic heterocycles. The van der Waals surface area contributed by atoms with E-state index in [-0.39, 0.29) is 17.9 Å². The molecule has 0 unspecified atom stereocenters. The zero-order valence-corrected chi connectivity index (χ0v) is 16.0. The van der Waals surface area contributed by atoms with E-state index in [9.17, 15) is 14.7 Å². The van der Waals surface area contributed by atoms with Crippen LogP contribution >= 0.6 is 11.8 Å². The number of aliphatic hydroxyl groups excluding tert-OH is 1. The Morgan fingerprint density at radius 1 is 1.22 bits per heavy atom. The number of likely N-dealkylation sites (tertiary alicyclic amines) is 1. The SMILES string of the molecule is CSc1ncccc1C(=O)Nc1ccc(CC(=O)N2CCC(O)CC2)cc1. The molecule has 142 valence electrons. The van der Waals surface area contributed by atoms with Crippen LogP contribution in [0.25, 0.3) is 0 Å². The van der Waals surface area contributed by atoms with Gasteiger partial charge in [0.05, 0.1) is 18.1 Å². The number of carbonyl (C=O) groups is 2. The van der Waals surface area contributed by atoms with Crippen LogP contribution in [0, 0.1) is 0 Å². The van der Waals surface area contributed by atoms with Crippen molar-refractivity contribution in [2.24, 2.45) is 0 Å². The van der Waals surface area contributed by atoms with E-state index in [2.05, 4.69) is 10.3 Å². The molecule has 7 heteroatoms. The normalized spacial score (nSPS) is 14.8. The Morgan fingerprint density at radius 2 is 1.93 bits per heavy atom. The van der Waals surface area contributed by atoms with Crippen molar-refractivity contribution in [3.05, 3.63) is 53.7 Å². The molecule has 3 rings (SSSR count). The predicted octanol–water partition coefficient (Wildman–Crippen LogP) is 2.58. The number of amides is 2. The summed E-state index contributed by atoms with van der Waals surface area (Å²) in [5.41, 5.74) is 2.11. The molecule has 0 spiro atoms. The van der Waals surface area contributed by atoms with Crippen LogP contribution in [0.2, 0.25) is 0 Å². The van der Waals surface area contributed by atoms with Crippen molar-refractivity contribution < 1.29 is 14.7 Å². The van der Waals surface area contributed by atoms with Gasteiger partial charge in [-0.1, -0.05) is 12.1 Å². The smallest absolute Gasteiger partial charge is 0.258 e. The molecule has 0 radical (unpaired) electrons. The molecule has 1 aromatic carbocycles. The molecule has 6 nitrogen and oxygen atoms in total. The first-order valence-electron chi connectivity index (χ1n) is 8.92. The highest BCUT2D eigenvalue weighted by atomic mass is 32.2. The molecule has 1 fully saturated rings. The summed E-state index contributed by atoms with van der Waals surface area (Å²) in [5.74, 6) is -0.137. The van der Waals surface area contributed by atoms with E-state index < -0.39 is 0 Å². The molecule has 0 saturated carbocycles. The van der Waals surface area contributed by atoms with Gasteiger partial charge in [0.2, 0.25) is 5.91 Å². The fourth-order valence-corrected chi connectivity index (χ4v) is 3.58. The third kappa shape index (κ3) is 5.08. The lowest BCUT2D eigenvalue weighted by Crippen LogP contribution is -2.40. The van der Waals surface area contributed by atoms with Crippen LogP contribution in [0.3, 0.4) is 0 Å². The van der Waals surface area contributed by atoms with Crippen molar-refractivity contribution in [1.82, 2.24) is 9.88 Å². The van der Waals surface area contributed by atoms with Gasteiger partial charge in [-0.25, -0.2) is 4.98 Å². The molecule has 27 heavy (non-hydrogen) atoms. The van der Waals surface area contributed by atoms with Crippen molar-refractivity contribution in [3.8, 4) is 0 Å². The summed E-state index contributed by atoms with van der Waals surface area (Å²) in [4.78, 5) is 30.8. The maximum Gasteiger partial charge on any atom is 0.258 e. The number of aliphatic hydroxyl groups is 1. The maximum atomic E-state index is 12.4. The number of piperidine rings is 1. The highest BCUT2D eigenvalue weighted by molar-refractivity contribution is 7.98. The second kappa shape index (κ2) is 9.01. The number of benzene rings is 1. The molecule has 1 saturated heterocycles. The first kappa shape index (κ1) is 19.4. The van der Waals surface area contributed by atoms with Gasteiger partial charge in [0.15, 0.2) is 0 Å². The molecule has 0 atom stereocenters. The van der Waals surface area contributed by atoms with Gasteiger partial charge in [0.1, 0.15) is 5.03 Å². The van der Waals surface area contributed by atoms with E-state index >= 15 is 0 Å². The Balaban J connectivity index is 1.58. The molecule has 0 aliphatic carbocycles. The van der Waals surface area contributed by atoms with E-state index in [4.69, 9.17) is 0 Å².